The van der Waals surface area contributed by atoms with Gasteiger partial charge in [-0.3, -0.25) is 18.3 Å². The van der Waals surface area contributed by atoms with E-state index in [2.05, 4.69) is 455 Å². The van der Waals surface area contributed by atoms with Gasteiger partial charge in [-0.1, -0.05) is 309 Å². The van der Waals surface area contributed by atoms with Gasteiger partial charge in [0, 0.05) is 97.3 Å². The fourth-order valence-corrected chi connectivity index (χ4v) is 22.0. The second-order valence-electron chi connectivity index (χ2n) is 34.3. The number of para-hydroxylation sites is 16. The van der Waals surface area contributed by atoms with E-state index in [1.807, 2.05) is 24.3 Å². The highest BCUT2D eigenvalue weighted by Crippen LogP contribution is 2.53. The molecule has 0 saturated heterocycles. The molecule has 0 N–H and O–H groups in total. The van der Waals surface area contributed by atoms with Gasteiger partial charge >= 0.3 is 0 Å². The van der Waals surface area contributed by atoms with Crippen LogP contribution in [0.5, 0.6) is 0 Å². The van der Waals surface area contributed by atoms with Crippen molar-refractivity contribution in [2.45, 2.75) is 0 Å². The molecule has 134 heavy (non-hydrogen) atoms. The van der Waals surface area contributed by atoms with Gasteiger partial charge < -0.3 is 18.3 Å². The first-order valence-electron chi connectivity index (χ1n) is 45.0. The molecule has 0 spiro atoms. The highest BCUT2D eigenvalue weighted by molar-refractivity contribution is 6.20. The number of fused-ring (bicyclic) bond motifs is 24. The average molecular weight is 1710 g/mol. The lowest BCUT2D eigenvalue weighted by Gasteiger charge is -2.27. The fourth-order valence-electron chi connectivity index (χ4n) is 22.0. The molecular formula is C121H71N13. The lowest BCUT2D eigenvalue weighted by Crippen LogP contribution is -2.16. The zero-order chi connectivity index (χ0) is 88.5. The van der Waals surface area contributed by atoms with Gasteiger partial charge in [0.15, 0.2) is 23.3 Å². The molecule has 28 rings (SSSR count). The number of nitriles is 3. The molecule has 13 nitrogen and oxygen atoms in total. The van der Waals surface area contributed by atoms with Gasteiger partial charge in [0.05, 0.1) is 111 Å². The standard InChI is InChI=1S/C61H35N7.C60H36N6/c62-36-39-34-33-38(35-40(39)37-63)57-58(65-49-25-9-1-17-41(49)42-18-2-10-26-50(42)65)60(67-53-29-13-5-21-45(53)46-22-6-14-30-54(46)67)64-61(68-55-31-15-7-23-47(55)48-24-8-16-32-56(48)68)59(57)66-51-27-11-3-19-43(51)44-20-4-12-28-52(44)66;61-37-38-33-35-39(36-34-38)56-57(63-48-25-9-1-17-40(48)41-18-2-10-26-49(41)63)59(65-52-29-13-5-21-44(52)45-22-6-14-30-53(45)65)62-60(66-54-31-15-7-23-46(54)47-24-8-16-32-55(47)66)58(56)64-50-27-11-3-19-42(50)43-20-4-12-28-51(43)64/h1-35H;1-36H. The Labute approximate surface area is 765 Å². The second-order valence-corrected chi connectivity index (χ2v) is 34.3. The largest absolute Gasteiger partial charge is 0.305 e. The molecule has 0 bridgehead atoms. The van der Waals surface area contributed by atoms with Crippen molar-refractivity contribution in [2.24, 2.45) is 0 Å². The van der Waals surface area contributed by atoms with E-state index < -0.39 is 0 Å². The zero-order valence-electron chi connectivity index (χ0n) is 71.8. The van der Waals surface area contributed by atoms with Crippen molar-refractivity contribution in [2.75, 3.05) is 0 Å². The van der Waals surface area contributed by atoms with E-state index in [1.54, 1.807) is 6.07 Å². The van der Waals surface area contributed by atoms with Crippen LogP contribution in [0.15, 0.2) is 431 Å². The lowest BCUT2D eigenvalue weighted by molar-refractivity contribution is 0.961. The summed E-state index contributed by atoms with van der Waals surface area (Å²) < 4.78 is 19.1. The SMILES string of the molecule is N#Cc1ccc(-c2c(-n3c4ccccc4c4ccccc43)c(-n3c4ccccc4c4ccccc43)nc(-n3c4ccccc4c4ccccc43)c2-n2c3ccccc3c3ccccc32)cc1.N#Cc1ccc(-c2c(-n3c4ccccc4c4ccccc43)c(-n3c4ccccc4c4ccccc43)nc(-n3c4ccccc4c4ccccc43)c2-n2c3ccccc3c3ccccc32)cc1C#N. The second kappa shape index (κ2) is 29.6. The molecule has 0 atom stereocenters. The van der Waals surface area contributed by atoms with Crippen LogP contribution in [0.3, 0.4) is 0 Å². The molecule has 0 aliphatic heterocycles. The average Bonchev–Trinajstić information content (AvgIpc) is 1.48. The van der Waals surface area contributed by atoms with E-state index in [9.17, 15) is 15.8 Å². The van der Waals surface area contributed by atoms with Gasteiger partial charge in [-0.05, 0) is 132 Å². The Kier molecular flexibility index (Phi) is 16.6. The number of pyridine rings is 2. The Morgan fingerprint density at radius 1 is 0.157 bits per heavy atom. The molecule has 0 saturated carbocycles. The first kappa shape index (κ1) is 75.3. The highest BCUT2D eigenvalue weighted by atomic mass is 15.2. The fraction of sp³-hybridized carbons (Fsp3) is 0. The normalized spacial score (nSPS) is 11.9. The van der Waals surface area contributed by atoms with Crippen LogP contribution < -0.4 is 0 Å². The van der Waals surface area contributed by atoms with Crippen LogP contribution in [0.25, 0.3) is 243 Å². The van der Waals surface area contributed by atoms with E-state index in [1.165, 1.54) is 0 Å². The van der Waals surface area contributed by atoms with E-state index >= 15 is 0 Å². The highest BCUT2D eigenvalue weighted by Gasteiger charge is 2.36. The molecule has 18 aromatic carbocycles. The number of rotatable bonds is 10. The van der Waals surface area contributed by atoms with Crippen molar-refractivity contribution >= 4 is 174 Å². The summed E-state index contributed by atoms with van der Waals surface area (Å²) in [6.07, 6.45) is 0. The van der Waals surface area contributed by atoms with Crippen LogP contribution >= 0.6 is 0 Å². The minimum Gasteiger partial charge on any atom is -0.305 e. The molecule has 28 aromatic rings. The Morgan fingerprint density at radius 3 is 0.500 bits per heavy atom. The number of hydrogen-bond acceptors (Lipinski definition) is 5. The Hall–Kier alpha value is -18.9. The topological polar surface area (TPSA) is 137 Å². The zero-order valence-corrected chi connectivity index (χ0v) is 71.8. The third-order valence-electron chi connectivity index (χ3n) is 27.5. The summed E-state index contributed by atoms with van der Waals surface area (Å²) >= 11 is 0. The smallest absolute Gasteiger partial charge is 0.165 e. The molecule has 0 aliphatic rings. The Morgan fingerprint density at radius 2 is 0.321 bits per heavy atom. The summed E-state index contributed by atoms with van der Waals surface area (Å²) in [4.78, 5) is 12.5. The van der Waals surface area contributed by atoms with E-state index in [0.29, 0.717) is 28.3 Å². The van der Waals surface area contributed by atoms with Crippen molar-refractivity contribution in [3.63, 3.8) is 0 Å². The van der Waals surface area contributed by atoms with Gasteiger partial charge in [0.25, 0.3) is 0 Å². The molecule has 10 aromatic heterocycles. The van der Waals surface area contributed by atoms with Gasteiger partial charge in [-0.2, -0.15) is 15.8 Å². The van der Waals surface area contributed by atoms with Crippen molar-refractivity contribution in [3.8, 4) is 86.5 Å². The van der Waals surface area contributed by atoms with Gasteiger partial charge in [-0.15, -0.1) is 0 Å². The quantitative estimate of drug-likeness (QED) is 0.134. The summed E-state index contributed by atoms with van der Waals surface area (Å²) in [6, 6.07) is 159. The number of hydrogen-bond donors (Lipinski definition) is 0. The number of aromatic nitrogens is 10. The monoisotopic (exact) mass is 1710 g/mol. The minimum atomic E-state index is 0.292. The molecule has 0 unspecified atom stereocenters. The van der Waals surface area contributed by atoms with Crippen LogP contribution in [0.4, 0.5) is 0 Å². The van der Waals surface area contributed by atoms with Crippen molar-refractivity contribution < 1.29 is 0 Å². The maximum absolute atomic E-state index is 10.8. The molecule has 0 radical (unpaired) electrons. The predicted octanol–water partition coefficient (Wildman–Crippen LogP) is 29.9. The van der Waals surface area contributed by atoms with Crippen LogP contribution in [0, 0.1) is 34.0 Å². The molecule has 0 fully saturated rings. The summed E-state index contributed by atoms with van der Waals surface area (Å²) in [5.74, 6) is 2.96. The molecule has 620 valence electrons. The van der Waals surface area contributed by atoms with Gasteiger partial charge in [-0.25, -0.2) is 9.97 Å². The molecule has 0 amide bonds. The molecular weight excluding hydrogens is 1640 g/mol. The van der Waals surface area contributed by atoms with E-state index in [0.717, 1.165) is 231 Å². The number of nitrogens with zero attached hydrogens (tertiary/aromatic N) is 13. The lowest BCUT2D eigenvalue weighted by atomic mass is 9.96. The van der Waals surface area contributed by atoms with Crippen LogP contribution in [0.2, 0.25) is 0 Å². The van der Waals surface area contributed by atoms with Gasteiger partial charge in [0.1, 0.15) is 34.9 Å². The third-order valence-corrected chi connectivity index (χ3v) is 27.5. The number of benzene rings is 18. The summed E-state index contributed by atoms with van der Waals surface area (Å²) in [5.41, 5.74) is 24.7. The summed E-state index contributed by atoms with van der Waals surface area (Å²) in [7, 11) is 0. The minimum absolute atomic E-state index is 0.292. The molecule has 10 heterocycles. The van der Waals surface area contributed by atoms with E-state index in [4.69, 9.17) is 9.97 Å². The maximum Gasteiger partial charge on any atom is 0.165 e. The first-order valence-corrected chi connectivity index (χ1v) is 45.0. The Balaban J connectivity index is 0.000000137. The Bertz CT molecular complexity index is 9120. The van der Waals surface area contributed by atoms with Crippen LogP contribution in [0.1, 0.15) is 16.7 Å². The van der Waals surface area contributed by atoms with Crippen LogP contribution in [-0.2, 0) is 0 Å². The van der Waals surface area contributed by atoms with Crippen molar-refractivity contribution in [1.82, 2.24) is 46.5 Å². The predicted molar refractivity (Wildman–Crippen MR) is 548 cm³/mol. The van der Waals surface area contributed by atoms with Gasteiger partial charge in [0.2, 0.25) is 0 Å². The van der Waals surface area contributed by atoms with Crippen molar-refractivity contribution in [3.05, 3.63) is 447 Å². The molecule has 13 heteroatoms. The van der Waals surface area contributed by atoms with Crippen molar-refractivity contribution in [1.29, 1.82) is 15.8 Å². The van der Waals surface area contributed by atoms with Crippen LogP contribution in [-0.4, -0.2) is 46.5 Å². The first-order chi connectivity index (χ1) is 66.5. The molecule has 0 aliphatic carbocycles. The third kappa shape index (κ3) is 10.8. The summed E-state index contributed by atoms with van der Waals surface area (Å²) in [5, 5.41) is 49.5. The summed E-state index contributed by atoms with van der Waals surface area (Å²) in [6.45, 7) is 0. The maximum atomic E-state index is 10.8. The van der Waals surface area contributed by atoms with E-state index in [-0.39, 0.29) is 0 Å².